The van der Waals surface area contributed by atoms with Crippen molar-refractivity contribution in [2.75, 3.05) is 6.54 Å². The lowest BCUT2D eigenvalue weighted by Gasteiger charge is -2.29. The molecule has 7 nitrogen and oxygen atoms in total. The molecule has 1 amide bonds. The zero-order valence-electron chi connectivity index (χ0n) is 24.1. The summed E-state index contributed by atoms with van der Waals surface area (Å²) in [5.74, 6) is -2.00. The number of carboxylic acids is 1. The van der Waals surface area contributed by atoms with Crippen molar-refractivity contribution in [3.8, 4) is 5.19 Å². The molecule has 2 aliphatic heterocycles. The number of ether oxygens (including phenoxy) is 1. The van der Waals surface area contributed by atoms with Gasteiger partial charge in [0.1, 0.15) is 11.9 Å². The standard InChI is InChI=1S/C34H37FN2O5S/c35-25-15-16-27-30(17-25)43-33(36-27)42-26-18-28-29(38)20-34(32(40)41)19-24(34)12-8-3-1-2-7-11-23(31(39)37(28)21-26)14-13-22-9-5-4-6-10-22/h4-6,8-10,12,15-17,23-24,26,28H,1-3,7,11,13-14,18-21H2,(H,40,41)/b12-8-/t23-,24-,26-,28+,34-/m1/s1. The number of benzene rings is 2. The SMILES string of the molecule is O=C1C[C@]2(C(=O)O)C[C@H]2/C=C\CCCCC[C@H](CCc2ccccc2)C(=O)N2C[C@H](Oc3nc4ccc(F)cc4s3)C[C@@H]12. The Balaban J connectivity index is 1.26. The first-order valence-corrected chi connectivity index (χ1v) is 16.1. The summed E-state index contributed by atoms with van der Waals surface area (Å²) >= 11 is 1.23. The number of hydrogen-bond donors (Lipinski definition) is 1. The largest absolute Gasteiger partial charge is 0.481 e. The first-order valence-electron chi connectivity index (χ1n) is 15.3. The minimum atomic E-state index is -1.11. The van der Waals surface area contributed by atoms with Gasteiger partial charge in [0.2, 0.25) is 5.91 Å². The predicted molar refractivity (Wildman–Crippen MR) is 162 cm³/mol. The first-order chi connectivity index (χ1) is 20.8. The minimum Gasteiger partial charge on any atom is -0.481 e. The second kappa shape index (κ2) is 12.6. The number of rotatable bonds is 6. The van der Waals surface area contributed by atoms with E-state index in [1.165, 1.54) is 29.0 Å². The van der Waals surface area contributed by atoms with Crippen molar-refractivity contribution >= 4 is 39.2 Å². The number of amides is 1. The molecule has 43 heavy (non-hydrogen) atoms. The van der Waals surface area contributed by atoms with Gasteiger partial charge in [0.15, 0.2) is 5.78 Å². The van der Waals surface area contributed by atoms with Gasteiger partial charge in [-0.15, -0.1) is 0 Å². The van der Waals surface area contributed by atoms with Crippen molar-refractivity contribution in [2.45, 2.75) is 76.4 Å². The molecule has 2 aromatic carbocycles. The second-order valence-electron chi connectivity index (χ2n) is 12.3. The molecule has 0 unspecified atom stereocenters. The number of thiazole rings is 1. The van der Waals surface area contributed by atoms with E-state index in [9.17, 15) is 23.9 Å². The Morgan fingerprint density at radius 3 is 2.79 bits per heavy atom. The molecule has 3 aliphatic rings. The molecule has 3 heterocycles. The van der Waals surface area contributed by atoms with Crippen molar-refractivity contribution in [1.82, 2.24) is 9.88 Å². The van der Waals surface area contributed by atoms with Gasteiger partial charge in [-0.05, 0) is 68.2 Å². The summed E-state index contributed by atoms with van der Waals surface area (Å²) in [6, 6.07) is 13.7. The molecular formula is C34H37FN2O5S. The van der Waals surface area contributed by atoms with E-state index in [-0.39, 0.29) is 48.7 Å². The highest BCUT2D eigenvalue weighted by molar-refractivity contribution is 7.20. The maximum absolute atomic E-state index is 14.2. The number of allylic oxidation sites excluding steroid dienone is 2. The summed E-state index contributed by atoms with van der Waals surface area (Å²) in [4.78, 5) is 46.7. The lowest BCUT2D eigenvalue weighted by atomic mass is 9.90. The van der Waals surface area contributed by atoms with Crippen LogP contribution in [0.2, 0.25) is 0 Å². The van der Waals surface area contributed by atoms with Crippen LogP contribution in [0.25, 0.3) is 10.2 Å². The van der Waals surface area contributed by atoms with Crippen LogP contribution in [0, 0.1) is 23.1 Å². The van der Waals surface area contributed by atoms with Gasteiger partial charge >= 0.3 is 5.97 Å². The van der Waals surface area contributed by atoms with E-state index < -0.39 is 23.5 Å². The highest BCUT2D eigenvalue weighted by Gasteiger charge is 2.61. The summed E-state index contributed by atoms with van der Waals surface area (Å²) in [5.41, 5.74) is 0.686. The van der Waals surface area contributed by atoms with Crippen LogP contribution < -0.4 is 4.74 Å². The first kappa shape index (κ1) is 29.5. The normalized spacial score (nSPS) is 28.9. The quantitative estimate of drug-likeness (QED) is 0.319. The van der Waals surface area contributed by atoms with Crippen molar-refractivity contribution in [3.05, 3.63) is 72.1 Å². The van der Waals surface area contributed by atoms with Gasteiger partial charge in [-0.1, -0.05) is 66.7 Å². The van der Waals surface area contributed by atoms with E-state index in [4.69, 9.17) is 4.74 Å². The zero-order valence-corrected chi connectivity index (χ0v) is 24.9. The van der Waals surface area contributed by atoms with E-state index in [2.05, 4.69) is 23.2 Å². The highest BCUT2D eigenvalue weighted by Crippen LogP contribution is 2.57. The molecular weight excluding hydrogens is 567 g/mol. The van der Waals surface area contributed by atoms with Crippen molar-refractivity contribution in [2.24, 2.45) is 17.3 Å². The number of carbonyl (C=O) groups excluding carboxylic acids is 2. The van der Waals surface area contributed by atoms with Crippen LogP contribution in [0.4, 0.5) is 4.39 Å². The maximum Gasteiger partial charge on any atom is 0.310 e. The fourth-order valence-electron chi connectivity index (χ4n) is 6.74. The van der Waals surface area contributed by atoms with Gasteiger partial charge in [0, 0.05) is 18.8 Å². The van der Waals surface area contributed by atoms with Gasteiger partial charge in [0.25, 0.3) is 5.19 Å². The molecule has 0 bridgehead atoms. The fraction of sp³-hybridized carbons (Fsp3) is 0.471. The monoisotopic (exact) mass is 604 g/mol. The van der Waals surface area contributed by atoms with Gasteiger partial charge in [-0.3, -0.25) is 14.4 Å². The second-order valence-corrected chi connectivity index (χ2v) is 13.3. The number of aryl methyl sites for hydroxylation is 1. The number of aliphatic carboxylic acids is 1. The minimum absolute atomic E-state index is 0.0588. The molecule has 0 radical (unpaired) electrons. The van der Waals surface area contributed by atoms with E-state index in [0.717, 1.165) is 38.5 Å². The molecule has 2 fully saturated rings. The van der Waals surface area contributed by atoms with E-state index in [1.54, 1.807) is 11.0 Å². The Morgan fingerprint density at radius 1 is 1.14 bits per heavy atom. The van der Waals surface area contributed by atoms with Crippen LogP contribution in [0.1, 0.15) is 63.4 Å². The molecule has 3 aromatic rings. The molecule has 5 atom stereocenters. The topological polar surface area (TPSA) is 96.8 Å². The summed E-state index contributed by atoms with van der Waals surface area (Å²) in [6.07, 6.45) is 10.1. The molecule has 1 saturated carbocycles. The third kappa shape index (κ3) is 6.51. The van der Waals surface area contributed by atoms with E-state index in [1.807, 2.05) is 24.3 Å². The molecule has 0 spiro atoms. The van der Waals surface area contributed by atoms with Crippen LogP contribution in [-0.4, -0.2) is 51.3 Å². The van der Waals surface area contributed by atoms with Gasteiger partial charge in [-0.2, -0.15) is 0 Å². The van der Waals surface area contributed by atoms with Crippen LogP contribution >= 0.6 is 11.3 Å². The Hall–Kier alpha value is -3.59. The predicted octanol–water partition coefficient (Wildman–Crippen LogP) is 6.60. The summed E-state index contributed by atoms with van der Waals surface area (Å²) in [6.45, 7) is 0.227. The summed E-state index contributed by atoms with van der Waals surface area (Å²) in [7, 11) is 0. The Bertz CT molecular complexity index is 1520. The van der Waals surface area contributed by atoms with Crippen molar-refractivity contribution in [3.63, 3.8) is 0 Å². The summed E-state index contributed by atoms with van der Waals surface area (Å²) < 4.78 is 20.6. The van der Waals surface area contributed by atoms with Crippen LogP contribution in [0.15, 0.2) is 60.7 Å². The van der Waals surface area contributed by atoms with Gasteiger partial charge in [-0.25, -0.2) is 9.37 Å². The number of fused-ring (bicyclic) bond motifs is 3. The number of carboxylic acid groups (broad SMARTS) is 1. The number of nitrogens with zero attached hydrogens (tertiary/aromatic N) is 2. The van der Waals surface area contributed by atoms with Crippen molar-refractivity contribution < 1.29 is 28.6 Å². The number of halogens is 1. The molecule has 1 aliphatic carbocycles. The third-order valence-electron chi connectivity index (χ3n) is 9.33. The number of Topliss-reactive ketones (excluding diaryl/α,β-unsaturated/α-hetero) is 1. The van der Waals surface area contributed by atoms with E-state index >= 15 is 0 Å². The van der Waals surface area contributed by atoms with Crippen LogP contribution in [0.3, 0.4) is 0 Å². The number of aromatic nitrogens is 1. The van der Waals surface area contributed by atoms with Crippen molar-refractivity contribution in [1.29, 1.82) is 0 Å². The van der Waals surface area contributed by atoms with E-state index in [0.29, 0.717) is 28.3 Å². The lowest BCUT2D eigenvalue weighted by molar-refractivity contribution is -0.147. The maximum atomic E-state index is 14.2. The molecule has 226 valence electrons. The lowest BCUT2D eigenvalue weighted by Crippen LogP contribution is -2.45. The molecule has 1 N–H and O–H groups in total. The average molecular weight is 605 g/mol. The zero-order chi connectivity index (χ0) is 30.0. The molecule has 9 heteroatoms. The van der Waals surface area contributed by atoms with Crippen LogP contribution in [0.5, 0.6) is 5.19 Å². The number of carbonyl (C=O) groups is 3. The van der Waals surface area contributed by atoms with Gasteiger partial charge in [0.05, 0.1) is 28.2 Å². The third-order valence-corrected chi connectivity index (χ3v) is 10.2. The Kier molecular flexibility index (Phi) is 8.61. The Labute approximate surface area is 254 Å². The number of hydrogen-bond acceptors (Lipinski definition) is 6. The summed E-state index contributed by atoms with van der Waals surface area (Å²) in [5, 5.41) is 10.5. The van der Waals surface area contributed by atoms with Crippen LogP contribution in [-0.2, 0) is 20.8 Å². The smallest absolute Gasteiger partial charge is 0.310 e. The highest BCUT2D eigenvalue weighted by atomic mass is 32.1. The Morgan fingerprint density at radius 2 is 1.98 bits per heavy atom. The van der Waals surface area contributed by atoms with Gasteiger partial charge < -0.3 is 14.7 Å². The average Bonchev–Trinajstić information content (AvgIpc) is 3.31. The molecule has 1 saturated heterocycles. The molecule has 6 rings (SSSR count). The molecule has 1 aromatic heterocycles. The number of ketones is 1. The fourth-order valence-corrected chi connectivity index (χ4v) is 7.65.